The minimum atomic E-state index is -0.191. The van der Waals surface area contributed by atoms with Crippen molar-refractivity contribution in [2.45, 2.75) is 51.2 Å². The minimum Gasteiger partial charge on any atom is -0.298 e. The predicted octanol–water partition coefficient (Wildman–Crippen LogP) is 3.74. The number of hydrogen-bond acceptors (Lipinski definition) is 2. The third kappa shape index (κ3) is 3.51. The summed E-state index contributed by atoms with van der Waals surface area (Å²) in [5.41, 5.74) is 4.04. The fraction of sp³-hybridized carbons (Fsp3) is 0.571. The Morgan fingerprint density at radius 2 is 2.18 bits per heavy atom. The first-order chi connectivity index (χ1) is 8.29. The zero-order chi connectivity index (χ0) is 12.1. The van der Waals surface area contributed by atoms with Gasteiger partial charge in [-0.15, -0.1) is 0 Å². The van der Waals surface area contributed by atoms with Gasteiger partial charge in [-0.2, -0.15) is 5.48 Å². The third-order valence-corrected chi connectivity index (χ3v) is 3.34. The van der Waals surface area contributed by atoms with Crippen LogP contribution in [0.25, 0.3) is 0 Å². The lowest BCUT2D eigenvalue weighted by atomic mass is 10.1. The van der Waals surface area contributed by atoms with Crippen LogP contribution < -0.4 is 5.48 Å². The number of nitrogens with one attached hydrogen (secondary N) is 1. The summed E-state index contributed by atoms with van der Waals surface area (Å²) >= 11 is 0. The summed E-state index contributed by atoms with van der Waals surface area (Å²) in [6, 6.07) is 6.78. The maximum Gasteiger partial charge on any atom is 0.123 e. The van der Waals surface area contributed by atoms with E-state index in [2.05, 4.69) is 12.4 Å². The summed E-state index contributed by atoms with van der Waals surface area (Å²) in [6.07, 6.45) is 5.99. The molecule has 1 aromatic rings. The highest BCUT2D eigenvalue weighted by molar-refractivity contribution is 5.19. The van der Waals surface area contributed by atoms with Gasteiger partial charge >= 0.3 is 0 Å². The number of benzene rings is 1. The minimum absolute atomic E-state index is 0.0753. The van der Waals surface area contributed by atoms with Gasteiger partial charge in [0.05, 0.1) is 12.1 Å². The lowest BCUT2D eigenvalue weighted by Gasteiger charge is -2.20. The molecule has 1 N–H and O–H groups in total. The predicted molar refractivity (Wildman–Crippen MR) is 65.9 cm³/mol. The molecule has 1 aliphatic rings. The standard InChI is InChI=1S/C14H20FNO/c1-2-14(11-6-5-7-12(15)10-11)16-17-13-8-3-4-9-13/h5-7,10,13-14,16H,2-4,8-9H2,1H3. The second-order valence-electron chi connectivity index (χ2n) is 4.66. The van der Waals surface area contributed by atoms with Crippen molar-refractivity contribution in [3.63, 3.8) is 0 Å². The smallest absolute Gasteiger partial charge is 0.123 e. The molecule has 2 nitrogen and oxygen atoms in total. The average Bonchev–Trinajstić information content (AvgIpc) is 2.83. The van der Waals surface area contributed by atoms with Gasteiger partial charge in [-0.1, -0.05) is 31.9 Å². The molecule has 0 amide bonds. The Bertz CT molecular complexity index is 350. The van der Waals surface area contributed by atoms with Gasteiger partial charge in [0.2, 0.25) is 0 Å². The van der Waals surface area contributed by atoms with Crippen LogP contribution in [-0.2, 0) is 4.84 Å². The summed E-state index contributed by atoms with van der Waals surface area (Å²) in [5, 5.41) is 0. The highest BCUT2D eigenvalue weighted by Gasteiger charge is 2.18. The van der Waals surface area contributed by atoms with Gasteiger partial charge < -0.3 is 0 Å². The third-order valence-electron chi connectivity index (χ3n) is 3.34. The van der Waals surface area contributed by atoms with Crippen LogP contribution in [0.2, 0.25) is 0 Å². The molecule has 1 atom stereocenters. The van der Waals surface area contributed by atoms with Crippen molar-refractivity contribution >= 4 is 0 Å². The van der Waals surface area contributed by atoms with Crippen LogP contribution in [0.1, 0.15) is 50.6 Å². The summed E-state index contributed by atoms with van der Waals surface area (Å²) in [6.45, 7) is 2.07. The van der Waals surface area contributed by atoms with Gasteiger partial charge in [-0.3, -0.25) is 4.84 Å². The van der Waals surface area contributed by atoms with E-state index in [0.29, 0.717) is 6.10 Å². The highest BCUT2D eigenvalue weighted by atomic mass is 19.1. The van der Waals surface area contributed by atoms with Gasteiger partial charge in [-0.25, -0.2) is 4.39 Å². The first-order valence-electron chi connectivity index (χ1n) is 6.46. The number of halogens is 1. The molecule has 0 saturated heterocycles. The fourth-order valence-electron chi connectivity index (χ4n) is 2.29. The molecule has 3 heteroatoms. The molecule has 17 heavy (non-hydrogen) atoms. The summed E-state index contributed by atoms with van der Waals surface area (Å²) in [5.74, 6) is -0.191. The topological polar surface area (TPSA) is 21.3 Å². The van der Waals surface area contributed by atoms with Crippen molar-refractivity contribution in [3.8, 4) is 0 Å². The molecule has 0 spiro atoms. The Hall–Kier alpha value is -0.930. The van der Waals surface area contributed by atoms with Crippen LogP contribution in [0.4, 0.5) is 4.39 Å². The summed E-state index contributed by atoms with van der Waals surface area (Å²) in [4.78, 5) is 5.68. The molecule has 1 aliphatic carbocycles. The van der Waals surface area contributed by atoms with E-state index in [1.54, 1.807) is 12.1 Å². The van der Waals surface area contributed by atoms with Crippen molar-refractivity contribution in [3.05, 3.63) is 35.6 Å². The molecule has 1 aromatic carbocycles. The maximum atomic E-state index is 13.1. The lowest BCUT2D eigenvalue weighted by molar-refractivity contribution is -0.0415. The second kappa shape index (κ2) is 6.12. The van der Waals surface area contributed by atoms with Crippen LogP contribution in [0, 0.1) is 5.82 Å². The average molecular weight is 237 g/mol. The largest absolute Gasteiger partial charge is 0.298 e. The van der Waals surface area contributed by atoms with Gasteiger partial charge in [0.1, 0.15) is 5.82 Å². The van der Waals surface area contributed by atoms with Crippen LogP contribution >= 0.6 is 0 Å². The maximum absolute atomic E-state index is 13.1. The molecule has 1 saturated carbocycles. The first kappa shape index (κ1) is 12.5. The number of hydroxylamine groups is 1. The second-order valence-corrected chi connectivity index (χ2v) is 4.66. The van der Waals surface area contributed by atoms with Crippen LogP contribution in [-0.4, -0.2) is 6.10 Å². The zero-order valence-electron chi connectivity index (χ0n) is 10.3. The Labute approximate surface area is 102 Å². The molecule has 2 rings (SSSR count). The molecule has 0 bridgehead atoms. The van der Waals surface area contributed by atoms with E-state index >= 15 is 0 Å². The van der Waals surface area contributed by atoms with Crippen molar-refractivity contribution in [1.29, 1.82) is 0 Å². The fourth-order valence-corrected chi connectivity index (χ4v) is 2.29. The van der Waals surface area contributed by atoms with Gasteiger partial charge in [-0.05, 0) is 37.0 Å². The molecule has 1 fully saturated rings. The molecule has 94 valence electrons. The normalized spacial score (nSPS) is 18.5. The van der Waals surface area contributed by atoms with Crippen molar-refractivity contribution < 1.29 is 9.23 Å². The lowest BCUT2D eigenvalue weighted by Crippen LogP contribution is -2.26. The van der Waals surface area contributed by atoms with E-state index in [4.69, 9.17) is 4.84 Å². The van der Waals surface area contributed by atoms with Crippen molar-refractivity contribution in [1.82, 2.24) is 5.48 Å². The van der Waals surface area contributed by atoms with E-state index in [-0.39, 0.29) is 11.9 Å². The Morgan fingerprint density at radius 3 is 2.82 bits per heavy atom. The van der Waals surface area contributed by atoms with Crippen molar-refractivity contribution in [2.75, 3.05) is 0 Å². The monoisotopic (exact) mass is 237 g/mol. The Morgan fingerprint density at radius 1 is 1.41 bits per heavy atom. The van der Waals surface area contributed by atoms with Gasteiger partial charge in [0.15, 0.2) is 0 Å². The molecular weight excluding hydrogens is 217 g/mol. The molecule has 0 aromatic heterocycles. The quantitative estimate of drug-likeness (QED) is 0.788. The van der Waals surface area contributed by atoms with Crippen LogP contribution in [0.3, 0.4) is 0 Å². The summed E-state index contributed by atoms with van der Waals surface area (Å²) in [7, 11) is 0. The van der Waals surface area contributed by atoms with E-state index in [1.807, 2.05) is 6.07 Å². The number of hydrogen-bond donors (Lipinski definition) is 1. The summed E-state index contributed by atoms with van der Waals surface area (Å²) < 4.78 is 13.1. The van der Waals surface area contributed by atoms with Gasteiger partial charge in [0.25, 0.3) is 0 Å². The van der Waals surface area contributed by atoms with Crippen molar-refractivity contribution in [2.24, 2.45) is 0 Å². The van der Waals surface area contributed by atoms with Crippen LogP contribution in [0.5, 0.6) is 0 Å². The molecule has 0 aliphatic heterocycles. The van der Waals surface area contributed by atoms with E-state index < -0.39 is 0 Å². The first-order valence-corrected chi connectivity index (χ1v) is 6.46. The number of rotatable bonds is 5. The molecular formula is C14H20FNO. The Kier molecular flexibility index (Phi) is 4.51. The van der Waals surface area contributed by atoms with Crippen LogP contribution in [0.15, 0.2) is 24.3 Å². The Balaban J connectivity index is 1.91. The molecule has 0 heterocycles. The molecule has 1 unspecified atom stereocenters. The van der Waals surface area contributed by atoms with E-state index in [1.165, 1.54) is 18.9 Å². The zero-order valence-corrected chi connectivity index (χ0v) is 10.3. The highest BCUT2D eigenvalue weighted by Crippen LogP contribution is 2.22. The molecule has 0 radical (unpaired) electrons. The van der Waals surface area contributed by atoms with E-state index in [0.717, 1.165) is 24.8 Å². The SMILES string of the molecule is CCC(NOC1CCCC1)c1cccc(F)c1. The van der Waals surface area contributed by atoms with E-state index in [9.17, 15) is 4.39 Å². The van der Waals surface area contributed by atoms with Gasteiger partial charge in [0, 0.05) is 0 Å².